The summed E-state index contributed by atoms with van der Waals surface area (Å²) < 4.78 is 17.2. The van der Waals surface area contributed by atoms with Gasteiger partial charge >= 0.3 is 12.1 Å². The van der Waals surface area contributed by atoms with Gasteiger partial charge in [-0.2, -0.15) is 0 Å². The van der Waals surface area contributed by atoms with Gasteiger partial charge in [-0.05, 0) is 58.7 Å². The molecule has 3 atom stereocenters. The molecule has 7 heteroatoms. The number of allylic oxidation sites excluding steroid dienone is 1. The van der Waals surface area contributed by atoms with Gasteiger partial charge in [-0.1, -0.05) is 20.8 Å². The van der Waals surface area contributed by atoms with Gasteiger partial charge in [0.15, 0.2) is 0 Å². The SMILES string of the molecule is COC(=O)C1/C(=C(\C)O[Si](C)(C)C(C)(C)C)[C@@H]2CC[C@H]1N2C(=O)OC(C)(C)C. The van der Waals surface area contributed by atoms with Crippen molar-refractivity contribution < 1.29 is 23.5 Å². The lowest BCUT2D eigenvalue weighted by Crippen LogP contribution is -2.41. The maximum absolute atomic E-state index is 12.9. The standard InChI is InChI=1S/C21H37NO5Si/c1-13(27-28(9,10)21(5,6)7)16-14-11-12-15(17(16)18(23)25-8)22(14)19(24)26-20(2,3)4/h14-15,17H,11-12H2,1-10H3/b16-13+/t14-,15+,17?/m0/s1. The number of methoxy groups -OCH3 is 1. The Labute approximate surface area is 170 Å². The van der Waals surface area contributed by atoms with E-state index in [0.29, 0.717) is 0 Å². The molecule has 2 aliphatic heterocycles. The molecular formula is C21H37NO5Si. The number of esters is 1. The molecule has 0 spiro atoms. The van der Waals surface area contributed by atoms with Gasteiger partial charge in [0.25, 0.3) is 0 Å². The molecule has 1 unspecified atom stereocenters. The van der Waals surface area contributed by atoms with Gasteiger partial charge in [0.2, 0.25) is 8.32 Å². The number of amides is 1. The minimum Gasteiger partial charge on any atom is -0.547 e. The molecule has 160 valence electrons. The van der Waals surface area contributed by atoms with Crippen molar-refractivity contribution in [2.45, 2.75) is 97.1 Å². The van der Waals surface area contributed by atoms with Gasteiger partial charge in [-0.15, -0.1) is 0 Å². The Morgan fingerprint density at radius 3 is 2.11 bits per heavy atom. The van der Waals surface area contributed by atoms with Crippen molar-refractivity contribution in [2.24, 2.45) is 5.92 Å². The van der Waals surface area contributed by atoms with Crippen LogP contribution in [0.15, 0.2) is 11.3 Å². The molecule has 0 radical (unpaired) electrons. The van der Waals surface area contributed by atoms with E-state index in [-0.39, 0.29) is 29.2 Å². The fourth-order valence-electron chi connectivity index (χ4n) is 3.92. The van der Waals surface area contributed by atoms with Crippen LogP contribution in [-0.4, -0.2) is 50.1 Å². The van der Waals surface area contributed by atoms with Gasteiger partial charge < -0.3 is 13.9 Å². The Balaban J connectivity index is 2.44. The van der Waals surface area contributed by atoms with Crippen LogP contribution in [0, 0.1) is 5.92 Å². The van der Waals surface area contributed by atoms with E-state index >= 15 is 0 Å². The highest BCUT2D eigenvalue weighted by molar-refractivity contribution is 6.74. The minimum atomic E-state index is -2.07. The summed E-state index contributed by atoms with van der Waals surface area (Å²) in [5.41, 5.74) is 0.301. The van der Waals surface area contributed by atoms with E-state index < -0.39 is 19.8 Å². The molecule has 28 heavy (non-hydrogen) atoms. The molecule has 0 aliphatic carbocycles. The molecule has 0 N–H and O–H groups in total. The van der Waals surface area contributed by atoms with Crippen LogP contribution in [0.25, 0.3) is 0 Å². The maximum Gasteiger partial charge on any atom is 0.411 e. The third-order valence-corrected chi connectivity index (χ3v) is 10.6. The van der Waals surface area contributed by atoms with Crippen LogP contribution in [0.1, 0.15) is 61.3 Å². The molecule has 2 fully saturated rings. The smallest absolute Gasteiger partial charge is 0.411 e. The number of hydrogen-bond acceptors (Lipinski definition) is 5. The van der Waals surface area contributed by atoms with Crippen molar-refractivity contribution in [3.63, 3.8) is 0 Å². The second-order valence-electron chi connectivity index (χ2n) is 10.4. The lowest BCUT2D eigenvalue weighted by Gasteiger charge is -2.38. The van der Waals surface area contributed by atoms with Crippen LogP contribution in [0.5, 0.6) is 0 Å². The van der Waals surface area contributed by atoms with Gasteiger partial charge in [0.1, 0.15) is 11.5 Å². The lowest BCUT2D eigenvalue weighted by molar-refractivity contribution is -0.145. The Morgan fingerprint density at radius 1 is 1.07 bits per heavy atom. The van der Waals surface area contributed by atoms with Crippen LogP contribution in [0.2, 0.25) is 18.1 Å². The van der Waals surface area contributed by atoms with E-state index in [1.165, 1.54) is 7.11 Å². The van der Waals surface area contributed by atoms with Gasteiger partial charge in [0, 0.05) is 5.57 Å². The number of fused-ring (bicyclic) bond motifs is 2. The van der Waals surface area contributed by atoms with Crippen molar-refractivity contribution in [1.29, 1.82) is 0 Å². The van der Waals surface area contributed by atoms with E-state index in [1.807, 2.05) is 27.7 Å². The molecule has 0 aromatic carbocycles. The first kappa shape index (κ1) is 22.8. The molecule has 2 rings (SSSR count). The quantitative estimate of drug-likeness (QED) is 0.377. The number of hydrogen-bond donors (Lipinski definition) is 0. The zero-order valence-electron chi connectivity index (χ0n) is 19.1. The summed E-state index contributed by atoms with van der Waals surface area (Å²) in [6.45, 7) is 18.4. The summed E-state index contributed by atoms with van der Waals surface area (Å²) in [4.78, 5) is 27.3. The number of carbonyl (C=O) groups excluding carboxylic acids is 2. The van der Waals surface area contributed by atoms with Crippen molar-refractivity contribution >= 4 is 20.4 Å². The summed E-state index contributed by atoms with van der Waals surface area (Å²) in [7, 11) is -0.673. The predicted molar refractivity (Wildman–Crippen MR) is 111 cm³/mol. The summed E-state index contributed by atoms with van der Waals surface area (Å²) in [5.74, 6) is -0.0299. The van der Waals surface area contributed by atoms with E-state index in [2.05, 4.69) is 33.9 Å². The van der Waals surface area contributed by atoms with E-state index in [9.17, 15) is 9.59 Å². The number of nitrogens with zero attached hydrogens (tertiary/aromatic N) is 1. The van der Waals surface area contributed by atoms with Crippen LogP contribution in [-0.2, 0) is 18.7 Å². The molecule has 1 amide bonds. The van der Waals surface area contributed by atoms with Crippen LogP contribution in [0.4, 0.5) is 4.79 Å². The molecule has 2 saturated heterocycles. The molecule has 2 bridgehead atoms. The summed E-state index contributed by atoms with van der Waals surface area (Å²) in [6.07, 6.45) is 1.20. The highest BCUT2D eigenvalue weighted by Crippen LogP contribution is 2.49. The highest BCUT2D eigenvalue weighted by Gasteiger charge is 2.57. The first-order chi connectivity index (χ1) is 12.6. The highest BCUT2D eigenvalue weighted by atomic mass is 28.4. The fraction of sp³-hybridized carbons (Fsp3) is 0.810. The average molecular weight is 412 g/mol. The zero-order valence-corrected chi connectivity index (χ0v) is 20.1. The largest absolute Gasteiger partial charge is 0.547 e. The summed E-state index contributed by atoms with van der Waals surface area (Å²) in [5, 5.41) is 0.0397. The second kappa shape index (κ2) is 7.39. The van der Waals surface area contributed by atoms with Crippen molar-refractivity contribution in [3.05, 3.63) is 11.3 Å². The summed E-state index contributed by atoms with van der Waals surface area (Å²) in [6, 6.07) is -0.408. The number of rotatable bonds is 3. The Morgan fingerprint density at radius 2 is 1.64 bits per heavy atom. The van der Waals surface area contributed by atoms with E-state index in [0.717, 1.165) is 24.2 Å². The lowest BCUT2D eigenvalue weighted by atomic mass is 9.83. The predicted octanol–water partition coefficient (Wildman–Crippen LogP) is 4.85. The Bertz CT molecular complexity index is 671. The first-order valence-electron chi connectivity index (χ1n) is 10.1. The molecule has 0 saturated carbocycles. The third kappa shape index (κ3) is 4.24. The Hall–Kier alpha value is -1.50. The number of ether oxygens (including phenoxy) is 2. The van der Waals surface area contributed by atoms with Crippen LogP contribution < -0.4 is 0 Å². The average Bonchev–Trinajstić information content (AvgIpc) is 3.06. The fourth-order valence-corrected chi connectivity index (χ4v) is 5.11. The van der Waals surface area contributed by atoms with Gasteiger partial charge in [-0.25, -0.2) is 4.79 Å². The maximum atomic E-state index is 12.9. The van der Waals surface area contributed by atoms with Crippen molar-refractivity contribution in [3.8, 4) is 0 Å². The van der Waals surface area contributed by atoms with Crippen molar-refractivity contribution in [2.75, 3.05) is 7.11 Å². The second-order valence-corrected chi connectivity index (χ2v) is 15.1. The van der Waals surface area contributed by atoms with Crippen LogP contribution >= 0.6 is 0 Å². The van der Waals surface area contributed by atoms with Gasteiger partial charge in [0.05, 0.1) is 25.0 Å². The topological polar surface area (TPSA) is 65.1 Å². The zero-order chi connectivity index (χ0) is 21.7. The molecule has 2 heterocycles. The molecule has 0 aromatic heterocycles. The molecule has 0 aromatic rings. The van der Waals surface area contributed by atoms with E-state index in [1.54, 1.807) is 4.90 Å². The third-order valence-electron chi connectivity index (χ3n) is 6.19. The number of carbonyl (C=O) groups is 2. The first-order valence-corrected chi connectivity index (χ1v) is 13.0. The van der Waals surface area contributed by atoms with Gasteiger partial charge in [-0.3, -0.25) is 9.69 Å². The molecule has 2 aliphatic rings. The summed E-state index contributed by atoms with van der Waals surface area (Å²) >= 11 is 0. The van der Waals surface area contributed by atoms with Crippen molar-refractivity contribution in [1.82, 2.24) is 4.90 Å². The van der Waals surface area contributed by atoms with Crippen LogP contribution in [0.3, 0.4) is 0 Å². The Kier molecular flexibility index (Phi) is 6.01. The molecular weight excluding hydrogens is 374 g/mol. The minimum absolute atomic E-state index is 0.0397. The normalized spacial score (nSPS) is 26.9. The molecule has 6 nitrogen and oxygen atoms in total. The monoisotopic (exact) mass is 411 g/mol. The van der Waals surface area contributed by atoms with E-state index in [4.69, 9.17) is 13.9 Å².